The van der Waals surface area contributed by atoms with Gasteiger partial charge in [-0.15, -0.1) is 0 Å². The fourth-order valence-electron chi connectivity index (χ4n) is 3.68. The number of carbonyl (C=O) groups excluding carboxylic acids is 2. The van der Waals surface area contributed by atoms with Crippen LogP contribution in [-0.4, -0.2) is 71.9 Å². The molecule has 2 fully saturated rings. The molecule has 1 aromatic heterocycles. The van der Waals surface area contributed by atoms with E-state index in [-0.39, 0.29) is 24.3 Å². The summed E-state index contributed by atoms with van der Waals surface area (Å²) in [6, 6.07) is 0. The van der Waals surface area contributed by atoms with Gasteiger partial charge in [-0.2, -0.15) is 0 Å². The summed E-state index contributed by atoms with van der Waals surface area (Å²) in [6.45, 7) is 6.28. The first kappa shape index (κ1) is 16.7. The quantitative estimate of drug-likeness (QED) is 0.809. The van der Waals surface area contributed by atoms with Gasteiger partial charge in [0, 0.05) is 46.1 Å². The number of aromatic nitrogens is 2. The highest BCUT2D eigenvalue weighted by Gasteiger charge is 2.55. The number of rotatable bonds is 3. The van der Waals surface area contributed by atoms with Crippen LogP contribution in [0.25, 0.3) is 0 Å². The average molecular weight is 331 g/mol. The summed E-state index contributed by atoms with van der Waals surface area (Å²) in [4.78, 5) is 39.1. The molecule has 0 saturated carbocycles. The molecule has 0 aliphatic carbocycles. The Labute approximate surface area is 142 Å². The summed E-state index contributed by atoms with van der Waals surface area (Å²) < 4.78 is 0. The van der Waals surface area contributed by atoms with Crippen molar-refractivity contribution in [2.75, 3.05) is 45.2 Å². The lowest BCUT2D eigenvalue weighted by atomic mass is 9.78. The van der Waals surface area contributed by atoms with Gasteiger partial charge >= 0.3 is 0 Å². The van der Waals surface area contributed by atoms with Crippen molar-refractivity contribution in [3.05, 3.63) is 18.0 Å². The Bertz CT molecular complexity index is 645. The first-order valence-electron chi connectivity index (χ1n) is 8.36. The maximum Gasteiger partial charge on any atom is 0.241 e. The Morgan fingerprint density at radius 1 is 1.38 bits per heavy atom. The largest absolute Gasteiger partial charge is 0.347 e. The van der Waals surface area contributed by atoms with Crippen LogP contribution in [0.2, 0.25) is 0 Å². The van der Waals surface area contributed by atoms with Gasteiger partial charge < -0.3 is 14.7 Å². The molecule has 0 bridgehead atoms. The van der Waals surface area contributed by atoms with Crippen molar-refractivity contribution in [1.29, 1.82) is 0 Å². The van der Waals surface area contributed by atoms with Gasteiger partial charge in [-0.3, -0.25) is 9.59 Å². The van der Waals surface area contributed by atoms with E-state index in [4.69, 9.17) is 0 Å². The molecular weight excluding hydrogens is 306 g/mol. The molecule has 2 saturated heterocycles. The predicted molar refractivity (Wildman–Crippen MR) is 90.5 cm³/mol. The molecule has 2 atom stereocenters. The standard InChI is InChI=1S/C17H25N5O2/c1-12-7-18-16(19-8-12)22-9-13(2)17(11-22)5-6-21(15(17)24)10-14(23)20(3)4/h7-8,13H,5-6,9-11H2,1-4H3/t13-,17-/m0/s1. The minimum Gasteiger partial charge on any atom is -0.347 e. The molecule has 24 heavy (non-hydrogen) atoms. The second-order valence-electron chi connectivity index (χ2n) is 7.26. The first-order chi connectivity index (χ1) is 11.3. The van der Waals surface area contributed by atoms with Gasteiger partial charge in [0.2, 0.25) is 17.8 Å². The predicted octanol–water partition coefficient (Wildman–Crippen LogP) is 0.548. The van der Waals surface area contributed by atoms with Gasteiger partial charge in [0.05, 0.1) is 12.0 Å². The number of anilines is 1. The van der Waals surface area contributed by atoms with E-state index in [2.05, 4.69) is 21.8 Å². The summed E-state index contributed by atoms with van der Waals surface area (Å²) in [6.07, 6.45) is 4.39. The molecule has 7 heteroatoms. The van der Waals surface area contributed by atoms with E-state index in [0.717, 1.165) is 18.5 Å². The zero-order valence-electron chi connectivity index (χ0n) is 14.8. The van der Waals surface area contributed by atoms with Crippen LogP contribution in [0.15, 0.2) is 12.4 Å². The van der Waals surface area contributed by atoms with Crippen molar-refractivity contribution in [2.45, 2.75) is 20.3 Å². The Morgan fingerprint density at radius 2 is 2.04 bits per heavy atom. The monoisotopic (exact) mass is 331 g/mol. The molecule has 3 rings (SSSR count). The van der Waals surface area contributed by atoms with Crippen LogP contribution in [-0.2, 0) is 9.59 Å². The molecule has 2 aliphatic rings. The number of aryl methyl sites for hydroxylation is 1. The number of likely N-dealkylation sites (tertiary alicyclic amines) is 1. The second-order valence-corrected chi connectivity index (χ2v) is 7.26. The second kappa shape index (κ2) is 6.03. The zero-order valence-corrected chi connectivity index (χ0v) is 14.8. The molecule has 0 radical (unpaired) electrons. The molecule has 0 unspecified atom stereocenters. The molecule has 1 aromatic rings. The number of hydrogen-bond donors (Lipinski definition) is 0. The van der Waals surface area contributed by atoms with E-state index in [1.54, 1.807) is 31.4 Å². The lowest BCUT2D eigenvalue weighted by Gasteiger charge is -2.26. The summed E-state index contributed by atoms with van der Waals surface area (Å²) in [7, 11) is 3.43. The topological polar surface area (TPSA) is 69.6 Å². The number of carbonyl (C=O) groups is 2. The van der Waals surface area contributed by atoms with Crippen LogP contribution in [0.3, 0.4) is 0 Å². The van der Waals surface area contributed by atoms with Gasteiger partial charge in [0.1, 0.15) is 0 Å². The van der Waals surface area contributed by atoms with Crippen LogP contribution in [0.4, 0.5) is 5.95 Å². The van der Waals surface area contributed by atoms with Gasteiger partial charge in [-0.05, 0) is 24.8 Å². The van der Waals surface area contributed by atoms with E-state index in [0.29, 0.717) is 19.0 Å². The van der Waals surface area contributed by atoms with Gasteiger partial charge in [0.25, 0.3) is 0 Å². The number of hydrogen-bond acceptors (Lipinski definition) is 5. The SMILES string of the molecule is Cc1cnc(N2C[C@H](C)[C@]3(CCN(CC(=O)N(C)C)C3=O)C2)nc1. The molecule has 1 spiro atoms. The zero-order chi connectivity index (χ0) is 17.5. The highest BCUT2D eigenvalue weighted by Crippen LogP contribution is 2.45. The third-order valence-corrected chi connectivity index (χ3v) is 5.33. The Hall–Kier alpha value is -2.18. The van der Waals surface area contributed by atoms with Crippen LogP contribution in [0, 0.1) is 18.3 Å². The smallest absolute Gasteiger partial charge is 0.241 e. The van der Waals surface area contributed by atoms with Crippen molar-refractivity contribution >= 4 is 17.8 Å². The van der Waals surface area contributed by atoms with Crippen molar-refractivity contribution in [1.82, 2.24) is 19.8 Å². The molecule has 3 heterocycles. The molecule has 2 aliphatic heterocycles. The Morgan fingerprint density at radius 3 is 2.67 bits per heavy atom. The fourth-order valence-corrected chi connectivity index (χ4v) is 3.68. The van der Waals surface area contributed by atoms with E-state index in [1.807, 2.05) is 6.92 Å². The van der Waals surface area contributed by atoms with Crippen LogP contribution >= 0.6 is 0 Å². The third-order valence-electron chi connectivity index (χ3n) is 5.33. The fraction of sp³-hybridized carbons (Fsp3) is 0.647. The lowest BCUT2D eigenvalue weighted by molar-refractivity contribution is -0.141. The van der Waals surface area contributed by atoms with Crippen molar-refractivity contribution in [3.8, 4) is 0 Å². The maximum absolute atomic E-state index is 13.0. The number of nitrogens with zero attached hydrogens (tertiary/aromatic N) is 5. The molecule has 0 N–H and O–H groups in total. The van der Waals surface area contributed by atoms with Crippen LogP contribution < -0.4 is 4.90 Å². The highest BCUT2D eigenvalue weighted by atomic mass is 16.2. The Balaban J connectivity index is 1.75. The normalized spacial score (nSPS) is 26.5. The van der Waals surface area contributed by atoms with E-state index < -0.39 is 5.41 Å². The first-order valence-corrected chi connectivity index (χ1v) is 8.36. The summed E-state index contributed by atoms with van der Waals surface area (Å²) >= 11 is 0. The van der Waals surface area contributed by atoms with E-state index in [9.17, 15) is 9.59 Å². The van der Waals surface area contributed by atoms with E-state index >= 15 is 0 Å². The maximum atomic E-state index is 13.0. The molecule has 2 amide bonds. The van der Waals surface area contributed by atoms with Crippen molar-refractivity contribution in [2.24, 2.45) is 11.3 Å². The van der Waals surface area contributed by atoms with Crippen molar-refractivity contribution < 1.29 is 9.59 Å². The minimum absolute atomic E-state index is 0.0372. The molecular formula is C17H25N5O2. The third kappa shape index (κ3) is 2.72. The number of likely N-dealkylation sites (N-methyl/N-ethyl adjacent to an activating group) is 1. The minimum atomic E-state index is -0.416. The van der Waals surface area contributed by atoms with Crippen LogP contribution in [0.1, 0.15) is 18.9 Å². The summed E-state index contributed by atoms with van der Waals surface area (Å²) in [5.74, 6) is 0.957. The van der Waals surface area contributed by atoms with E-state index in [1.165, 1.54) is 4.90 Å². The van der Waals surface area contributed by atoms with Gasteiger partial charge in [0.15, 0.2) is 0 Å². The summed E-state index contributed by atoms with van der Waals surface area (Å²) in [5, 5.41) is 0. The molecule has 7 nitrogen and oxygen atoms in total. The van der Waals surface area contributed by atoms with Gasteiger partial charge in [-0.25, -0.2) is 9.97 Å². The van der Waals surface area contributed by atoms with Gasteiger partial charge in [-0.1, -0.05) is 6.92 Å². The molecule has 130 valence electrons. The number of amides is 2. The van der Waals surface area contributed by atoms with Crippen LogP contribution in [0.5, 0.6) is 0 Å². The highest BCUT2D eigenvalue weighted by molar-refractivity contribution is 5.90. The lowest BCUT2D eigenvalue weighted by Crippen LogP contribution is -2.43. The average Bonchev–Trinajstić information content (AvgIpc) is 3.03. The van der Waals surface area contributed by atoms with Crippen molar-refractivity contribution in [3.63, 3.8) is 0 Å². The molecule has 0 aromatic carbocycles. The Kier molecular flexibility index (Phi) is 4.19. The summed E-state index contributed by atoms with van der Waals surface area (Å²) in [5.41, 5.74) is 0.604.